The zero-order valence-corrected chi connectivity index (χ0v) is 21.8. The largest absolute Gasteiger partial charge is 0.341 e. The molecule has 0 aliphatic carbocycles. The first-order valence-electron chi connectivity index (χ1n) is 12.4. The topological polar surface area (TPSA) is 55.9 Å². The number of rotatable bonds is 8. The predicted molar refractivity (Wildman–Crippen MR) is 141 cm³/mol. The molecule has 2 aliphatic rings. The molecule has 2 heterocycles. The number of nitrogens with zero attached hydrogens (tertiary/aromatic N) is 3. The molecule has 35 heavy (non-hydrogen) atoms. The maximum absolute atomic E-state index is 13.0. The number of likely N-dealkylation sites (tertiary alicyclic amines) is 1. The van der Waals surface area contributed by atoms with Crippen molar-refractivity contribution in [1.29, 1.82) is 0 Å². The fourth-order valence-electron chi connectivity index (χ4n) is 5.13. The third kappa shape index (κ3) is 6.69. The molecule has 1 atom stereocenters. The van der Waals surface area contributed by atoms with Gasteiger partial charge in [-0.1, -0.05) is 47.5 Å². The minimum atomic E-state index is 0.0104. The number of hydrogen-bond acceptors (Lipinski definition) is 3. The van der Waals surface area contributed by atoms with Crippen molar-refractivity contribution in [2.75, 3.05) is 46.3 Å². The van der Waals surface area contributed by atoms with E-state index in [4.69, 9.17) is 23.2 Å². The Kier molecular flexibility index (Phi) is 8.93. The Hall–Kier alpha value is -2.28. The van der Waals surface area contributed by atoms with Crippen LogP contribution in [0.1, 0.15) is 47.5 Å². The number of carbonyl (C=O) groups is 2. The molecule has 8 heteroatoms. The average Bonchev–Trinajstić information content (AvgIpc) is 2.89. The van der Waals surface area contributed by atoms with Crippen LogP contribution in [-0.2, 0) is 0 Å². The number of likely N-dealkylation sites (N-methyl/N-ethyl adjacent to an activating group) is 1. The summed E-state index contributed by atoms with van der Waals surface area (Å²) in [7, 11) is 1.86. The summed E-state index contributed by atoms with van der Waals surface area (Å²) in [6, 6.07) is 15.6. The SMILES string of the molecule is CN(CC(CCN1CCC(N2CCCNC2=O)CC1)c1ccc(Cl)c(Cl)c1)C(=O)c1ccccc1. The molecule has 0 spiro atoms. The van der Waals surface area contributed by atoms with Crippen LogP contribution in [0.2, 0.25) is 10.0 Å². The zero-order valence-electron chi connectivity index (χ0n) is 20.3. The average molecular weight is 518 g/mol. The van der Waals surface area contributed by atoms with E-state index >= 15 is 0 Å². The summed E-state index contributed by atoms with van der Waals surface area (Å²) in [6.07, 6.45) is 3.92. The molecule has 6 nitrogen and oxygen atoms in total. The molecule has 2 saturated heterocycles. The van der Waals surface area contributed by atoms with Crippen LogP contribution < -0.4 is 5.32 Å². The maximum Gasteiger partial charge on any atom is 0.317 e. The number of nitrogens with one attached hydrogen (secondary N) is 1. The van der Waals surface area contributed by atoms with E-state index in [2.05, 4.69) is 10.2 Å². The fraction of sp³-hybridized carbons (Fsp3) is 0.481. The van der Waals surface area contributed by atoms with Crippen molar-refractivity contribution < 1.29 is 9.59 Å². The smallest absolute Gasteiger partial charge is 0.317 e. The molecule has 0 saturated carbocycles. The van der Waals surface area contributed by atoms with Crippen molar-refractivity contribution in [2.45, 2.75) is 37.6 Å². The predicted octanol–water partition coefficient (Wildman–Crippen LogP) is 5.12. The number of urea groups is 1. The van der Waals surface area contributed by atoms with Gasteiger partial charge >= 0.3 is 6.03 Å². The van der Waals surface area contributed by atoms with Crippen LogP contribution in [0.15, 0.2) is 48.5 Å². The minimum Gasteiger partial charge on any atom is -0.341 e. The van der Waals surface area contributed by atoms with Gasteiger partial charge in [0.25, 0.3) is 5.91 Å². The Bertz CT molecular complexity index is 1010. The standard InChI is InChI=1S/C27H34Cl2N4O2/c1-31(26(34)20-6-3-2-4-7-20)19-22(21-8-9-24(28)25(29)18-21)10-15-32-16-11-23(12-17-32)33-14-5-13-30-27(33)35/h2-4,6-9,18,22-23H,5,10-17,19H2,1H3,(H,30,35). The van der Waals surface area contributed by atoms with E-state index in [9.17, 15) is 9.59 Å². The third-order valence-electron chi connectivity index (χ3n) is 7.18. The molecular weight excluding hydrogens is 483 g/mol. The molecule has 0 aromatic heterocycles. The quantitative estimate of drug-likeness (QED) is 0.529. The van der Waals surface area contributed by atoms with Gasteiger partial charge in [-0.25, -0.2) is 4.79 Å². The first kappa shape index (κ1) is 25.8. The Morgan fingerprint density at radius 1 is 1.09 bits per heavy atom. The lowest BCUT2D eigenvalue weighted by Crippen LogP contribution is -2.54. The second-order valence-corrected chi connectivity index (χ2v) is 10.4. The number of carbonyl (C=O) groups excluding carboxylic acids is 2. The summed E-state index contributed by atoms with van der Waals surface area (Å²) in [5.41, 5.74) is 1.78. The second kappa shape index (κ2) is 12.1. The summed E-state index contributed by atoms with van der Waals surface area (Å²) in [4.78, 5) is 31.5. The van der Waals surface area contributed by atoms with Crippen molar-refractivity contribution >= 4 is 35.1 Å². The highest BCUT2D eigenvalue weighted by Gasteiger charge is 2.30. The van der Waals surface area contributed by atoms with Crippen LogP contribution in [0, 0.1) is 0 Å². The number of halogens is 2. The lowest BCUT2D eigenvalue weighted by Gasteiger charge is -2.40. The molecule has 2 aromatic carbocycles. The van der Waals surface area contributed by atoms with Gasteiger partial charge in [0.2, 0.25) is 0 Å². The lowest BCUT2D eigenvalue weighted by atomic mass is 9.93. The van der Waals surface area contributed by atoms with Crippen molar-refractivity contribution in [2.24, 2.45) is 0 Å². The Labute approximate surface area is 218 Å². The van der Waals surface area contributed by atoms with Crippen LogP contribution >= 0.6 is 23.2 Å². The van der Waals surface area contributed by atoms with Crippen LogP contribution in [0.4, 0.5) is 4.79 Å². The first-order chi connectivity index (χ1) is 16.9. The van der Waals surface area contributed by atoms with Crippen molar-refractivity contribution in [3.05, 3.63) is 69.7 Å². The van der Waals surface area contributed by atoms with Gasteiger partial charge in [0, 0.05) is 57.3 Å². The Morgan fingerprint density at radius 3 is 2.51 bits per heavy atom. The van der Waals surface area contributed by atoms with E-state index in [0.717, 1.165) is 64.0 Å². The summed E-state index contributed by atoms with van der Waals surface area (Å²) in [6.45, 7) is 5.11. The van der Waals surface area contributed by atoms with Gasteiger partial charge in [-0.2, -0.15) is 0 Å². The van der Waals surface area contributed by atoms with E-state index in [-0.39, 0.29) is 17.9 Å². The minimum absolute atomic E-state index is 0.0104. The van der Waals surface area contributed by atoms with Crippen LogP contribution in [-0.4, -0.2) is 79.0 Å². The van der Waals surface area contributed by atoms with Gasteiger partial charge in [0.1, 0.15) is 0 Å². The molecule has 4 rings (SSSR count). The normalized spacial score (nSPS) is 18.3. The molecule has 0 bridgehead atoms. The molecule has 188 valence electrons. The molecule has 1 unspecified atom stereocenters. The third-order valence-corrected chi connectivity index (χ3v) is 7.92. The highest BCUT2D eigenvalue weighted by Crippen LogP contribution is 2.30. The Morgan fingerprint density at radius 2 is 1.83 bits per heavy atom. The summed E-state index contributed by atoms with van der Waals surface area (Å²) >= 11 is 12.5. The van der Waals surface area contributed by atoms with Crippen molar-refractivity contribution in [1.82, 2.24) is 20.0 Å². The summed E-state index contributed by atoms with van der Waals surface area (Å²) < 4.78 is 0. The molecule has 3 amide bonds. The molecule has 1 N–H and O–H groups in total. The van der Waals surface area contributed by atoms with Crippen LogP contribution in [0.5, 0.6) is 0 Å². The van der Waals surface area contributed by atoms with Gasteiger partial charge in [-0.15, -0.1) is 0 Å². The molecular formula is C27H34Cl2N4O2. The second-order valence-electron chi connectivity index (χ2n) is 9.56. The van der Waals surface area contributed by atoms with Crippen LogP contribution in [0.3, 0.4) is 0 Å². The number of amides is 3. The van der Waals surface area contributed by atoms with E-state index in [1.54, 1.807) is 4.90 Å². The maximum atomic E-state index is 13.0. The fourth-order valence-corrected chi connectivity index (χ4v) is 5.44. The Balaban J connectivity index is 1.38. The van der Waals surface area contributed by atoms with Crippen LogP contribution in [0.25, 0.3) is 0 Å². The highest BCUT2D eigenvalue weighted by molar-refractivity contribution is 6.42. The number of piperidine rings is 1. The highest BCUT2D eigenvalue weighted by atomic mass is 35.5. The van der Waals surface area contributed by atoms with Gasteiger partial charge in [0.05, 0.1) is 10.0 Å². The molecule has 2 fully saturated rings. The van der Waals surface area contributed by atoms with E-state index in [1.165, 1.54) is 0 Å². The van der Waals surface area contributed by atoms with E-state index < -0.39 is 0 Å². The lowest BCUT2D eigenvalue weighted by molar-refractivity contribution is 0.0778. The number of hydrogen-bond donors (Lipinski definition) is 1. The molecule has 2 aromatic rings. The van der Waals surface area contributed by atoms with Gasteiger partial charge in [0.15, 0.2) is 0 Å². The first-order valence-corrected chi connectivity index (χ1v) is 13.2. The zero-order chi connectivity index (χ0) is 24.8. The van der Waals surface area contributed by atoms with Crippen molar-refractivity contribution in [3.8, 4) is 0 Å². The molecule has 2 aliphatic heterocycles. The van der Waals surface area contributed by atoms with E-state index in [1.807, 2.05) is 60.5 Å². The summed E-state index contributed by atoms with van der Waals surface area (Å²) in [5.74, 6) is 0.143. The number of benzene rings is 2. The summed E-state index contributed by atoms with van der Waals surface area (Å²) in [5, 5.41) is 4.04. The van der Waals surface area contributed by atoms with Gasteiger partial charge in [-0.05, 0) is 62.1 Å². The van der Waals surface area contributed by atoms with Crippen molar-refractivity contribution in [3.63, 3.8) is 0 Å². The monoisotopic (exact) mass is 516 g/mol. The molecule has 0 radical (unpaired) electrons. The van der Waals surface area contributed by atoms with Gasteiger partial charge in [-0.3, -0.25) is 4.79 Å². The van der Waals surface area contributed by atoms with E-state index in [0.29, 0.717) is 28.2 Å². The van der Waals surface area contributed by atoms with Gasteiger partial charge < -0.3 is 20.0 Å².